The van der Waals surface area contributed by atoms with Crippen LogP contribution >= 0.6 is 0 Å². The van der Waals surface area contributed by atoms with Gasteiger partial charge >= 0.3 is 0 Å². The molecule has 0 bridgehead atoms. The lowest BCUT2D eigenvalue weighted by atomic mass is 10.0. The quantitative estimate of drug-likeness (QED) is 0.595. The molecule has 1 saturated heterocycles. The number of aliphatic hydroxyl groups excluding tert-OH is 1. The van der Waals surface area contributed by atoms with Gasteiger partial charge in [-0.05, 0) is 12.3 Å². The normalized spacial score (nSPS) is 24.3. The Hall–Kier alpha value is -0.0800. The van der Waals surface area contributed by atoms with Crippen LogP contribution in [0.4, 0.5) is 0 Å². The van der Waals surface area contributed by atoms with E-state index >= 15 is 0 Å². The van der Waals surface area contributed by atoms with E-state index in [1.807, 2.05) is 0 Å². The maximum Gasteiger partial charge on any atom is 0.107 e. The molecule has 0 aromatic heterocycles. The van der Waals surface area contributed by atoms with Crippen molar-refractivity contribution in [3.05, 3.63) is 0 Å². The highest BCUT2D eigenvalue weighted by Gasteiger charge is 2.25. The van der Waals surface area contributed by atoms with Crippen molar-refractivity contribution in [2.75, 3.05) is 13.1 Å². The monoisotopic (exact) mass is 143 g/mol. The molecule has 60 valence electrons. The van der Waals surface area contributed by atoms with Crippen LogP contribution in [0.5, 0.6) is 0 Å². The van der Waals surface area contributed by atoms with Crippen molar-refractivity contribution in [2.45, 2.75) is 32.9 Å². The summed E-state index contributed by atoms with van der Waals surface area (Å²) in [7, 11) is 0. The van der Waals surface area contributed by atoms with Crippen molar-refractivity contribution >= 4 is 0 Å². The van der Waals surface area contributed by atoms with Gasteiger partial charge in [0, 0.05) is 13.1 Å². The van der Waals surface area contributed by atoms with Gasteiger partial charge in [-0.3, -0.25) is 4.90 Å². The number of hydrogen-bond acceptors (Lipinski definition) is 2. The van der Waals surface area contributed by atoms with Crippen molar-refractivity contribution in [1.82, 2.24) is 4.90 Å². The van der Waals surface area contributed by atoms with Gasteiger partial charge < -0.3 is 5.11 Å². The van der Waals surface area contributed by atoms with E-state index in [1.165, 1.54) is 6.42 Å². The van der Waals surface area contributed by atoms with Crippen LogP contribution in [-0.2, 0) is 0 Å². The van der Waals surface area contributed by atoms with Crippen molar-refractivity contribution in [3.63, 3.8) is 0 Å². The maximum absolute atomic E-state index is 9.42. The summed E-state index contributed by atoms with van der Waals surface area (Å²) in [5.74, 6) is 0.663. The molecule has 0 aliphatic carbocycles. The average molecular weight is 143 g/mol. The number of hydrogen-bond donors (Lipinski definition) is 1. The van der Waals surface area contributed by atoms with E-state index in [0.717, 1.165) is 19.5 Å². The van der Waals surface area contributed by atoms with Crippen LogP contribution in [0.15, 0.2) is 0 Å². The first-order valence-electron chi connectivity index (χ1n) is 4.16. The van der Waals surface area contributed by atoms with Crippen LogP contribution in [-0.4, -0.2) is 29.3 Å². The molecule has 1 rings (SSSR count). The third-order valence-electron chi connectivity index (χ3n) is 2.21. The lowest BCUT2D eigenvalue weighted by molar-refractivity contribution is 0.0576. The third-order valence-corrected chi connectivity index (χ3v) is 2.21. The minimum atomic E-state index is -0.157. The van der Waals surface area contributed by atoms with E-state index in [0.29, 0.717) is 5.92 Å². The molecule has 0 aromatic carbocycles. The summed E-state index contributed by atoms with van der Waals surface area (Å²) < 4.78 is 0. The fourth-order valence-corrected chi connectivity index (χ4v) is 1.03. The predicted molar refractivity (Wildman–Crippen MR) is 41.7 cm³/mol. The lowest BCUT2D eigenvalue weighted by Gasteiger charge is -2.14. The van der Waals surface area contributed by atoms with Crippen molar-refractivity contribution in [2.24, 2.45) is 5.92 Å². The molecule has 2 atom stereocenters. The summed E-state index contributed by atoms with van der Waals surface area (Å²) in [6.07, 6.45) is 1.96. The average Bonchev–Trinajstić information content (AvgIpc) is 2.68. The molecule has 10 heavy (non-hydrogen) atoms. The molecule has 1 N–H and O–H groups in total. The van der Waals surface area contributed by atoms with E-state index in [4.69, 9.17) is 0 Å². The molecule has 2 unspecified atom stereocenters. The van der Waals surface area contributed by atoms with Gasteiger partial charge in [0.1, 0.15) is 6.23 Å². The molecule has 2 nitrogen and oxygen atoms in total. The van der Waals surface area contributed by atoms with Gasteiger partial charge in [-0.25, -0.2) is 0 Å². The van der Waals surface area contributed by atoms with E-state index < -0.39 is 0 Å². The number of rotatable bonds is 4. The summed E-state index contributed by atoms with van der Waals surface area (Å²) >= 11 is 0. The molecule has 1 heterocycles. The zero-order chi connectivity index (χ0) is 7.56. The Kier molecular flexibility index (Phi) is 2.69. The molecule has 1 fully saturated rings. The van der Waals surface area contributed by atoms with Gasteiger partial charge in [0.2, 0.25) is 0 Å². The van der Waals surface area contributed by atoms with Crippen molar-refractivity contribution in [1.29, 1.82) is 0 Å². The van der Waals surface area contributed by atoms with Gasteiger partial charge in [-0.1, -0.05) is 20.3 Å². The smallest absolute Gasteiger partial charge is 0.107 e. The first-order chi connectivity index (χ1) is 4.74. The molecule has 0 saturated carbocycles. The topological polar surface area (TPSA) is 23.2 Å². The molecule has 1 aliphatic heterocycles. The molecule has 0 spiro atoms. The van der Waals surface area contributed by atoms with Gasteiger partial charge in [0.25, 0.3) is 0 Å². The Bertz CT molecular complexity index is 101. The highest BCUT2D eigenvalue weighted by atomic mass is 16.3. The van der Waals surface area contributed by atoms with Crippen LogP contribution < -0.4 is 0 Å². The number of nitrogens with zero attached hydrogens (tertiary/aromatic N) is 1. The molecule has 1 aliphatic rings. The highest BCUT2D eigenvalue weighted by molar-refractivity contribution is 4.76. The van der Waals surface area contributed by atoms with Crippen LogP contribution in [0.1, 0.15) is 26.7 Å². The molecule has 0 amide bonds. The Morgan fingerprint density at radius 2 is 2.10 bits per heavy atom. The van der Waals surface area contributed by atoms with E-state index in [2.05, 4.69) is 18.7 Å². The van der Waals surface area contributed by atoms with Gasteiger partial charge in [0.15, 0.2) is 0 Å². The third kappa shape index (κ3) is 2.27. The minimum Gasteiger partial charge on any atom is -0.378 e. The second-order valence-corrected chi connectivity index (χ2v) is 3.27. The Morgan fingerprint density at radius 3 is 2.50 bits per heavy atom. The second-order valence-electron chi connectivity index (χ2n) is 3.27. The SMILES string of the molecule is CCC(C)CC(O)N1CC1. The summed E-state index contributed by atoms with van der Waals surface area (Å²) in [4.78, 5) is 2.09. The van der Waals surface area contributed by atoms with Crippen LogP contribution in [0.25, 0.3) is 0 Å². The standard InChI is InChI=1S/C8H17NO/c1-3-7(2)6-8(10)9-4-5-9/h7-8,10H,3-6H2,1-2H3. The molecule has 2 heteroatoms. The van der Waals surface area contributed by atoms with Gasteiger partial charge in [-0.15, -0.1) is 0 Å². The Morgan fingerprint density at radius 1 is 1.50 bits per heavy atom. The second kappa shape index (κ2) is 3.35. The first kappa shape index (κ1) is 8.02. The summed E-state index contributed by atoms with van der Waals surface area (Å²) in [6.45, 7) is 6.54. The van der Waals surface area contributed by atoms with Gasteiger partial charge in [-0.2, -0.15) is 0 Å². The maximum atomic E-state index is 9.42. The van der Waals surface area contributed by atoms with Crippen LogP contribution in [0.2, 0.25) is 0 Å². The molecular formula is C8H17NO. The zero-order valence-electron chi connectivity index (χ0n) is 6.88. The highest BCUT2D eigenvalue weighted by Crippen LogP contribution is 2.17. The van der Waals surface area contributed by atoms with E-state index in [9.17, 15) is 5.11 Å². The van der Waals surface area contributed by atoms with E-state index in [-0.39, 0.29) is 6.23 Å². The summed E-state index contributed by atoms with van der Waals surface area (Å²) in [5, 5.41) is 9.42. The van der Waals surface area contributed by atoms with Gasteiger partial charge in [0.05, 0.1) is 0 Å². The number of aliphatic hydroxyl groups is 1. The summed E-state index contributed by atoms with van der Waals surface area (Å²) in [5.41, 5.74) is 0. The molecule has 0 radical (unpaired) electrons. The predicted octanol–water partition coefficient (Wildman–Crippen LogP) is 1.06. The largest absolute Gasteiger partial charge is 0.378 e. The van der Waals surface area contributed by atoms with Crippen molar-refractivity contribution in [3.8, 4) is 0 Å². The minimum absolute atomic E-state index is 0.157. The molecule has 0 aromatic rings. The fraction of sp³-hybridized carbons (Fsp3) is 1.00. The fourth-order valence-electron chi connectivity index (χ4n) is 1.03. The van der Waals surface area contributed by atoms with Crippen LogP contribution in [0, 0.1) is 5.92 Å². The first-order valence-corrected chi connectivity index (χ1v) is 4.16. The summed E-state index contributed by atoms with van der Waals surface area (Å²) in [6, 6.07) is 0. The Labute approximate surface area is 62.8 Å². The van der Waals surface area contributed by atoms with E-state index in [1.54, 1.807) is 0 Å². The van der Waals surface area contributed by atoms with Crippen LogP contribution in [0.3, 0.4) is 0 Å². The Balaban J connectivity index is 2.10. The zero-order valence-corrected chi connectivity index (χ0v) is 6.88. The van der Waals surface area contributed by atoms with Crippen molar-refractivity contribution < 1.29 is 5.11 Å². The molecular weight excluding hydrogens is 126 g/mol. The lowest BCUT2D eigenvalue weighted by Crippen LogP contribution is -2.20.